The van der Waals surface area contributed by atoms with Gasteiger partial charge >= 0.3 is 0 Å². The van der Waals surface area contributed by atoms with E-state index < -0.39 is 26.6 Å². The molecule has 0 rings (SSSR count). The van der Waals surface area contributed by atoms with E-state index in [0.29, 0.717) is 17.4 Å². The van der Waals surface area contributed by atoms with Gasteiger partial charge in [-0.05, 0) is 83.5 Å². The Balaban J connectivity index is 4.41. The zero-order chi connectivity index (χ0) is 44.3. The fourth-order valence-corrected chi connectivity index (χ4v) is 7.21. The molecular formula is C51H93N2O6P. The standard InChI is InChI=1S/C51H93N2O6P/c1-6-8-10-12-14-16-18-20-22-23-24-25-26-27-28-29-31-33-35-37-39-41-43-45-51(55)52-49(48-59-60(56,57)58-47-46-53(3,4)5)50(54)44-42-40-38-36-34-32-30-21-19-17-15-13-11-9-7-2/h18-21,23-24,26-27,34,36,42,44,49-50,54H,6-17,22,25,28-33,35,37-41,43,45-48H2,1-5H3,(H-,52,55,56,57)/b20-18-,21-19+,24-23-,27-26-,36-34+,44-42+. The summed E-state index contributed by atoms with van der Waals surface area (Å²) in [6.07, 6.45) is 56.7. The Morgan fingerprint density at radius 2 is 0.983 bits per heavy atom. The Morgan fingerprint density at radius 3 is 1.47 bits per heavy atom. The van der Waals surface area contributed by atoms with Crippen molar-refractivity contribution in [1.82, 2.24) is 5.32 Å². The lowest BCUT2D eigenvalue weighted by atomic mass is 10.1. The number of carbonyl (C=O) groups is 1. The van der Waals surface area contributed by atoms with Gasteiger partial charge in [-0.1, -0.05) is 177 Å². The second-order valence-corrected chi connectivity index (χ2v) is 18.8. The number of amides is 1. The summed E-state index contributed by atoms with van der Waals surface area (Å²) >= 11 is 0. The molecule has 60 heavy (non-hydrogen) atoms. The molecular weight excluding hydrogens is 768 g/mol. The number of phosphoric ester groups is 1. The van der Waals surface area contributed by atoms with Crippen LogP contribution in [0.25, 0.3) is 0 Å². The number of likely N-dealkylation sites (N-methyl/N-ethyl adjacent to an activating group) is 1. The van der Waals surface area contributed by atoms with Crippen LogP contribution in [0, 0.1) is 0 Å². The van der Waals surface area contributed by atoms with Gasteiger partial charge in [0, 0.05) is 6.42 Å². The number of hydrogen-bond donors (Lipinski definition) is 2. The van der Waals surface area contributed by atoms with Crippen LogP contribution in [0.3, 0.4) is 0 Å². The lowest BCUT2D eigenvalue weighted by Crippen LogP contribution is -2.45. The fraction of sp³-hybridized carbons (Fsp3) is 0.745. The van der Waals surface area contributed by atoms with Crippen molar-refractivity contribution in [2.45, 2.75) is 206 Å². The third-order valence-corrected chi connectivity index (χ3v) is 11.3. The van der Waals surface area contributed by atoms with Gasteiger partial charge in [0.1, 0.15) is 13.2 Å². The normalized spacial score (nSPS) is 14.8. The van der Waals surface area contributed by atoms with Gasteiger partial charge < -0.3 is 28.8 Å². The van der Waals surface area contributed by atoms with Crippen LogP contribution in [0.4, 0.5) is 0 Å². The summed E-state index contributed by atoms with van der Waals surface area (Å²) in [5.74, 6) is -0.222. The Morgan fingerprint density at radius 1 is 0.583 bits per heavy atom. The molecule has 0 saturated heterocycles. The van der Waals surface area contributed by atoms with E-state index in [1.807, 2.05) is 27.2 Å². The molecule has 0 saturated carbocycles. The number of nitrogens with zero attached hydrogens (tertiary/aromatic N) is 1. The molecule has 0 fully saturated rings. The Kier molecular flexibility index (Phi) is 40.8. The number of unbranched alkanes of at least 4 members (excludes halogenated alkanes) is 20. The van der Waals surface area contributed by atoms with Gasteiger partial charge in [-0.15, -0.1) is 0 Å². The first kappa shape index (κ1) is 57.9. The molecule has 8 nitrogen and oxygen atoms in total. The Hall–Kier alpha value is -2.06. The van der Waals surface area contributed by atoms with Gasteiger partial charge in [-0.25, -0.2) is 0 Å². The summed E-state index contributed by atoms with van der Waals surface area (Å²) in [5.41, 5.74) is 0. The number of hydrogen-bond acceptors (Lipinski definition) is 6. The van der Waals surface area contributed by atoms with Crippen LogP contribution in [0.1, 0.15) is 194 Å². The van der Waals surface area contributed by atoms with Gasteiger partial charge in [0.05, 0.1) is 39.9 Å². The lowest BCUT2D eigenvalue weighted by molar-refractivity contribution is -0.870. The first-order valence-corrected chi connectivity index (χ1v) is 25.8. The molecule has 348 valence electrons. The third kappa shape index (κ3) is 44.0. The van der Waals surface area contributed by atoms with Crippen molar-refractivity contribution in [3.63, 3.8) is 0 Å². The molecule has 0 radical (unpaired) electrons. The maximum absolute atomic E-state index is 12.9. The smallest absolute Gasteiger partial charge is 0.268 e. The molecule has 3 atom stereocenters. The lowest BCUT2D eigenvalue weighted by Gasteiger charge is -2.29. The van der Waals surface area contributed by atoms with E-state index in [0.717, 1.165) is 70.6 Å². The Bertz CT molecular complexity index is 1200. The van der Waals surface area contributed by atoms with Gasteiger partial charge in [0.2, 0.25) is 5.91 Å². The van der Waals surface area contributed by atoms with Gasteiger partial charge in [-0.2, -0.15) is 0 Å². The summed E-state index contributed by atoms with van der Waals surface area (Å²) in [4.78, 5) is 25.4. The third-order valence-electron chi connectivity index (χ3n) is 10.4. The number of rotatable bonds is 43. The maximum atomic E-state index is 12.9. The van der Waals surface area contributed by atoms with Crippen LogP contribution >= 0.6 is 7.82 Å². The summed E-state index contributed by atoms with van der Waals surface area (Å²) in [7, 11) is 1.22. The molecule has 0 heterocycles. The van der Waals surface area contributed by atoms with Crippen LogP contribution in [-0.2, 0) is 18.4 Å². The average Bonchev–Trinajstić information content (AvgIpc) is 3.20. The summed E-state index contributed by atoms with van der Waals surface area (Å²) in [6.45, 7) is 4.57. The SMILES string of the molecule is CCCCCCC/C=C\C/C=C\C/C=C\CCCCCCCCCCC(=O)NC(COP(=O)([O-])OCC[N+](C)(C)C)C(O)/C=C/CC/C=C/CC/C=C/CCCCCCC. The minimum atomic E-state index is -4.61. The highest BCUT2D eigenvalue weighted by molar-refractivity contribution is 7.45. The summed E-state index contributed by atoms with van der Waals surface area (Å²) in [6, 6.07) is -0.916. The van der Waals surface area contributed by atoms with Crippen molar-refractivity contribution in [2.24, 2.45) is 0 Å². The number of quaternary nitrogens is 1. The largest absolute Gasteiger partial charge is 0.756 e. The molecule has 0 aliphatic heterocycles. The predicted octanol–water partition coefficient (Wildman–Crippen LogP) is 13.3. The van der Waals surface area contributed by atoms with Crippen LogP contribution < -0.4 is 10.2 Å². The van der Waals surface area contributed by atoms with E-state index in [4.69, 9.17) is 9.05 Å². The predicted molar refractivity (Wildman–Crippen MR) is 256 cm³/mol. The van der Waals surface area contributed by atoms with E-state index in [-0.39, 0.29) is 12.5 Å². The minimum Gasteiger partial charge on any atom is -0.756 e. The molecule has 0 spiro atoms. The molecule has 0 bridgehead atoms. The van der Waals surface area contributed by atoms with E-state index in [1.54, 1.807) is 6.08 Å². The van der Waals surface area contributed by atoms with Crippen LogP contribution in [0.5, 0.6) is 0 Å². The van der Waals surface area contributed by atoms with Gasteiger partial charge in [0.25, 0.3) is 7.82 Å². The molecule has 0 aromatic carbocycles. The highest BCUT2D eigenvalue weighted by Gasteiger charge is 2.23. The quantitative estimate of drug-likeness (QED) is 0.0274. The number of allylic oxidation sites excluding steroid dienone is 11. The van der Waals surface area contributed by atoms with Crippen molar-refractivity contribution >= 4 is 13.7 Å². The van der Waals surface area contributed by atoms with E-state index >= 15 is 0 Å². The second kappa shape index (κ2) is 42.3. The highest BCUT2D eigenvalue weighted by atomic mass is 31.2. The van der Waals surface area contributed by atoms with E-state index in [1.165, 1.54) is 103 Å². The number of phosphoric acid groups is 1. The summed E-state index contributed by atoms with van der Waals surface area (Å²) < 4.78 is 23.2. The molecule has 1 amide bonds. The molecule has 2 N–H and O–H groups in total. The molecule has 9 heteroatoms. The molecule has 0 aliphatic rings. The average molecular weight is 861 g/mol. The van der Waals surface area contributed by atoms with Gasteiger partial charge in [-0.3, -0.25) is 9.36 Å². The number of nitrogens with one attached hydrogen (secondary N) is 1. The number of aliphatic hydroxyl groups is 1. The molecule has 3 unspecified atom stereocenters. The first-order valence-electron chi connectivity index (χ1n) is 24.3. The summed E-state index contributed by atoms with van der Waals surface area (Å²) in [5, 5.41) is 13.8. The Labute approximate surface area is 370 Å². The topological polar surface area (TPSA) is 108 Å². The van der Waals surface area contributed by atoms with Crippen LogP contribution in [-0.4, -0.2) is 68.5 Å². The van der Waals surface area contributed by atoms with Crippen LogP contribution in [0.2, 0.25) is 0 Å². The van der Waals surface area contributed by atoms with E-state index in [2.05, 4.69) is 79.9 Å². The van der Waals surface area contributed by atoms with Crippen molar-refractivity contribution in [2.75, 3.05) is 40.9 Å². The van der Waals surface area contributed by atoms with E-state index in [9.17, 15) is 19.4 Å². The maximum Gasteiger partial charge on any atom is 0.268 e. The van der Waals surface area contributed by atoms with Crippen molar-refractivity contribution in [3.05, 3.63) is 72.9 Å². The van der Waals surface area contributed by atoms with Crippen molar-refractivity contribution in [1.29, 1.82) is 0 Å². The fourth-order valence-electron chi connectivity index (χ4n) is 6.48. The zero-order valence-electron chi connectivity index (χ0n) is 39.4. The van der Waals surface area contributed by atoms with Crippen LogP contribution in [0.15, 0.2) is 72.9 Å². The zero-order valence-corrected chi connectivity index (χ0v) is 40.3. The highest BCUT2D eigenvalue weighted by Crippen LogP contribution is 2.38. The molecule has 0 aromatic rings. The first-order chi connectivity index (χ1) is 29.0. The second-order valence-electron chi connectivity index (χ2n) is 17.4. The van der Waals surface area contributed by atoms with Gasteiger partial charge in [0.15, 0.2) is 0 Å². The monoisotopic (exact) mass is 861 g/mol. The van der Waals surface area contributed by atoms with Crippen molar-refractivity contribution < 1.29 is 32.9 Å². The molecule has 0 aliphatic carbocycles. The number of aliphatic hydroxyl groups excluding tert-OH is 1. The van der Waals surface area contributed by atoms with Crippen molar-refractivity contribution in [3.8, 4) is 0 Å². The minimum absolute atomic E-state index is 0.0139. The number of carbonyl (C=O) groups excluding carboxylic acids is 1. The molecule has 0 aromatic heterocycles.